The number of rotatable bonds is 8. The molecule has 0 saturated carbocycles. The Hall–Kier alpha value is -8.30. The fourth-order valence-corrected chi connectivity index (χ4v) is 12.1. The highest BCUT2D eigenvalue weighted by atomic mass is 32.1. The van der Waals surface area contributed by atoms with Crippen LogP contribution in [0.25, 0.3) is 75.5 Å². The van der Waals surface area contributed by atoms with E-state index in [0.717, 1.165) is 17.1 Å². The Morgan fingerprint density at radius 1 is 0.313 bits per heavy atom. The van der Waals surface area contributed by atoms with Gasteiger partial charge >= 0.3 is 0 Å². The third kappa shape index (κ3) is 6.37. The average molecular weight is 870 g/mol. The topological polar surface area (TPSA) is 3.24 Å². The summed E-state index contributed by atoms with van der Waals surface area (Å²) in [5, 5.41) is 5.11. The highest BCUT2D eigenvalue weighted by molar-refractivity contribution is 7.26. The van der Waals surface area contributed by atoms with E-state index < -0.39 is 5.41 Å². The summed E-state index contributed by atoms with van der Waals surface area (Å²) in [6, 6.07) is 96.4. The zero-order valence-corrected chi connectivity index (χ0v) is 37.5. The second-order valence-electron chi connectivity index (χ2n) is 17.6. The Kier molecular flexibility index (Phi) is 9.33. The number of anilines is 3. The molecule has 1 aromatic heterocycles. The standard InChI is InChI=1S/C65H43NS/c1-3-18-50(19-4-1)65(51-20-5-2-6-21-51)60-27-12-9-22-54(60)55-41-40-53(43-61(55)65)66(62-28-13-10-23-56(62)58-25-15-26-59-57-24-11-14-29-63(57)67-64(58)59)52-38-36-46(37-39-52)45-30-32-47(33-31-45)49-35-34-44-16-7-8-17-48(44)42-49/h1-43H. The normalized spacial score (nSPS) is 12.6. The molecule has 0 spiro atoms. The molecule has 0 aliphatic heterocycles. The molecule has 0 fully saturated rings. The molecule has 0 bridgehead atoms. The van der Waals surface area contributed by atoms with Gasteiger partial charge in [0.1, 0.15) is 0 Å². The highest BCUT2D eigenvalue weighted by Crippen LogP contribution is 2.57. The second-order valence-corrected chi connectivity index (χ2v) is 18.6. The number of para-hydroxylation sites is 1. The van der Waals surface area contributed by atoms with Gasteiger partial charge in [0.2, 0.25) is 0 Å². The highest BCUT2D eigenvalue weighted by Gasteiger charge is 2.46. The quantitative estimate of drug-likeness (QED) is 0.147. The van der Waals surface area contributed by atoms with E-state index in [1.165, 1.54) is 97.7 Å². The van der Waals surface area contributed by atoms with Gasteiger partial charge in [-0.05, 0) is 109 Å². The molecule has 0 atom stereocenters. The van der Waals surface area contributed by atoms with Gasteiger partial charge in [-0.2, -0.15) is 0 Å². The third-order valence-electron chi connectivity index (χ3n) is 14.0. The monoisotopic (exact) mass is 869 g/mol. The molecule has 13 rings (SSSR count). The second kappa shape index (κ2) is 16.0. The van der Waals surface area contributed by atoms with Crippen molar-refractivity contribution >= 4 is 59.3 Å². The molecule has 1 aliphatic rings. The van der Waals surface area contributed by atoms with Crippen LogP contribution in [0.4, 0.5) is 17.1 Å². The Balaban J connectivity index is 0.991. The summed E-state index contributed by atoms with van der Waals surface area (Å²) in [5.41, 5.74) is 17.6. The summed E-state index contributed by atoms with van der Waals surface area (Å²) in [4.78, 5) is 2.48. The first-order valence-corrected chi connectivity index (χ1v) is 23.9. The summed E-state index contributed by atoms with van der Waals surface area (Å²) in [7, 11) is 0. The van der Waals surface area contributed by atoms with Gasteiger partial charge in [0.25, 0.3) is 0 Å². The SMILES string of the molecule is c1ccc(C2(c3ccccc3)c3ccccc3-c3ccc(N(c4ccc(-c5ccc(-c6ccc7ccccc7c6)cc5)cc4)c4ccccc4-c4cccc5c4sc4ccccc45)cc32)cc1. The van der Waals surface area contributed by atoms with Crippen molar-refractivity contribution in [2.75, 3.05) is 4.90 Å². The molecule has 1 heterocycles. The fraction of sp³-hybridized carbons (Fsp3) is 0.0154. The van der Waals surface area contributed by atoms with Crippen molar-refractivity contribution in [3.63, 3.8) is 0 Å². The summed E-state index contributed by atoms with van der Waals surface area (Å²) in [6.07, 6.45) is 0. The van der Waals surface area contributed by atoms with Crippen LogP contribution in [0.1, 0.15) is 22.3 Å². The first-order valence-electron chi connectivity index (χ1n) is 23.1. The lowest BCUT2D eigenvalue weighted by Crippen LogP contribution is -2.28. The van der Waals surface area contributed by atoms with Crippen LogP contribution in [-0.2, 0) is 5.41 Å². The van der Waals surface area contributed by atoms with E-state index in [4.69, 9.17) is 0 Å². The molecule has 12 aromatic rings. The van der Waals surface area contributed by atoms with Gasteiger partial charge in [-0.15, -0.1) is 11.3 Å². The molecular formula is C65H43NS. The summed E-state index contributed by atoms with van der Waals surface area (Å²) in [5.74, 6) is 0. The van der Waals surface area contributed by atoms with Gasteiger partial charge in [-0.3, -0.25) is 0 Å². The van der Waals surface area contributed by atoms with Crippen molar-refractivity contribution in [1.82, 2.24) is 0 Å². The average Bonchev–Trinajstić information content (AvgIpc) is 3.93. The molecule has 2 heteroatoms. The van der Waals surface area contributed by atoms with Crippen LogP contribution in [0.3, 0.4) is 0 Å². The lowest BCUT2D eigenvalue weighted by atomic mass is 9.67. The van der Waals surface area contributed by atoms with Crippen LogP contribution in [-0.4, -0.2) is 0 Å². The maximum absolute atomic E-state index is 2.48. The first kappa shape index (κ1) is 39.1. The molecule has 0 unspecified atom stereocenters. The summed E-state index contributed by atoms with van der Waals surface area (Å²) >= 11 is 1.88. The van der Waals surface area contributed by atoms with Crippen LogP contribution in [0.2, 0.25) is 0 Å². The Labute approximate surface area is 395 Å². The number of hydrogen-bond acceptors (Lipinski definition) is 2. The van der Waals surface area contributed by atoms with Crippen molar-refractivity contribution in [2.24, 2.45) is 0 Å². The lowest BCUT2D eigenvalue weighted by molar-refractivity contribution is 0.768. The predicted molar refractivity (Wildman–Crippen MR) is 285 cm³/mol. The Bertz CT molecular complexity index is 3750. The van der Waals surface area contributed by atoms with E-state index in [1.54, 1.807) is 0 Å². The smallest absolute Gasteiger partial charge is 0.0714 e. The first-order chi connectivity index (χ1) is 33.2. The van der Waals surface area contributed by atoms with Gasteiger partial charge in [-0.1, -0.05) is 218 Å². The minimum atomic E-state index is -0.527. The number of fused-ring (bicyclic) bond motifs is 7. The number of hydrogen-bond donors (Lipinski definition) is 0. The molecule has 1 nitrogen and oxygen atoms in total. The van der Waals surface area contributed by atoms with Crippen molar-refractivity contribution in [3.8, 4) is 44.5 Å². The summed E-state index contributed by atoms with van der Waals surface area (Å²) < 4.78 is 2.60. The molecule has 1 aliphatic carbocycles. The van der Waals surface area contributed by atoms with E-state index in [1.807, 2.05) is 11.3 Å². The van der Waals surface area contributed by atoms with Crippen LogP contribution in [0.15, 0.2) is 261 Å². The molecule has 67 heavy (non-hydrogen) atoms. The third-order valence-corrected chi connectivity index (χ3v) is 15.2. The number of nitrogens with zero attached hydrogens (tertiary/aromatic N) is 1. The minimum Gasteiger partial charge on any atom is -0.310 e. The van der Waals surface area contributed by atoms with Gasteiger partial charge in [0.05, 0.1) is 11.1 Å². The van der Waals surface area contributed by atoms with Crippen molar-refractivity contribution in [3.05, 3.63) is 283 Å². The zero-order valence-electron chi connectivity index (χ0n) is 36.7. The number of benzene rings is 11. The minimum absolute atomic E-state index is 0.527. The lowest BCUT2D eigenvalue weighted by Gasteiger charge is -2.35. The van der Waals surface area contributed by atoms with Crippen LogP contribution in [0, 0.1) is 0 Å². The van der Waals surface area contributed by atoms with Crippen molar-refractivity contribution in [2.45, 2.75) is 5.41 Å². The van der Waals surface area contributed by atoms with Crippen LogP contribution >= 0.6 is 11.3 Å². The molecule has 0 amide bonds. The Morgan fingerprint density at radius 2 is 0.851 bits per heavy atom. The van der Waals surface area contributed by atoms with Crippen molar-refractivity contribution in [1.29, 1.82) is 0 Å². The van der Waals surface area contributed by atoms with E-state index in [0.29, 0.717) is 0 Å². The van der Waals surface area contributed by atoms with Crippen LogP contribution in [0.5, 0.6) is 0 Å². The van der Waals surface area contributed by atoms with Crippen LogP contribution < -0.4 is 4.90 Å². The Morgan fingerprint density at radius 3 is 1.61 bits per heavy atom. The zero-order chi connectivity index (χ0) is 44.3. The van der Waals surface area contributed by atoms with E-state index in [2.05, 4.69) is 266 Å². The predicted octanol–water partition coefficient (Wildman–Crippen LogP) is 18.0. The van der Waals surface area contributed by atoms with E-state index in [9.17, 15) is 0 Å². The molecule has 0 radical (unpaired) electrons. The molecule has 0 saturated heterocycles. The van der Waals surface area contributed by atoms with Gasteiger partial charge in [0, 0.05) is 42.7 Å². The summed E-state index contributed by atoms with van der Waals surface area (Å²) in [6.45, 7) is 0. The number of thiophene rings is 1. The van der Waals surface area contributed by atoms with Gasteiger partial charge in [-0.25, -0.2) is 0 Å². The fourth-order valence-electron chi connectivity index (χ4n) is 10.9. The maximum Gasteiger partial charge on any atom is 0.0714 e. The maximum atomic E-state index is 2.48. The van der Waals surface area contributed by atoms with E-state index >= 15 is 0 Å². The molecular weight excluding hydrogens is 827 g/mol. The van der Waals surface area contributed by atoms with E-state index in [-0.39, 0.29) is 0 Å². The molecule has 314 valence electrons. The molecule has 0 N–H and O–H groups in total. The largest absolute Gasteiger partial charge is 0.310 e. The van der Waals surface area contributed by atoms with Gasteiger partial charge in [0.15, 0.2) is 0 Å². The van der Waals surface area contributed by atoms with Crippen molar-refractivity contribution < 1.29 is 0 Å². The van der Waals surface area contributed by atoms with Gasteiger partial charge < -0.3 is 4.90 Å². The molecule has 11 aromatic carbocycles.